The summed E-state index contributed by atoms with van der Waals surface area (Å²) in [7, 11) is 1.86. The maximum absolute atomic E-state index is 11.4. The first kappa shape index (κ1) is 8.90. The van der Waals surface area contributed by atoms with Crippen molar-refractivity contribution in [2.45, 2.75) is 26.8 Å². The lowest BCUT2D eigenvalue weighted by atomic mass is 10.3. The highest BCUT2D eigenvalue weighted by Gasteiger charge is 2.11. The molecular formula is C8H15N3O. The minimum Gasteiger partial charge on any atom is -0.393 e. The second-order valence-corrected chi connectivity index (χ2v) is 2.76. The zero-order chi connectivity index (χ0) is 9.30. The maximum atomic E-state index is 11.4. The topological polar surface area (TPSA) is 53.0 Å². The number of rotatable bonds is 2. The van der Waals surface area contributed by atoms with Gasteiger partial charge in [0, 0.05) is 13.6 Å². The molecule has 0 unspecified atom stereocenters. The lowest BCUT2D eigenvalue weighted by molar-refractivity contribution is 0.505. The number of nitrogen functional groups attached to an aromatic ring is 1. The Morgan fingerprint density at radius 3 is 2.25 bits per heavy atom. The van der Waals surface area contributed by atoms with E-state index in [9.17, 15) is 4.79 Å². The molecule has 1 rings (SSSR count). The standard InChI is InChI=1S/C8H15N3O/c1-4-6-7(9)8(12)11(5-2)10(6)3/h4-5,9H2,1-3H3. The molecule has 0 radical (unpaired) electrons. The van der Waals surface area contributed by atoms with Gasteiger partial charge in [0.05, 0.1) is 5.69 Å². The van der Waals surface area contributed by atoms with Crippen molar-refractivity contribution in [3.63, 3.8) is 0 Å². The third kappa shape index (κ3) is 1.03. The minimum atomic E-state index is -0.0724. The molecule has 0 aliphatic rings. The molecule has 4 heteroatoms. The summed E-state index contributed by atoms with van der Waals surface area (Å²) in [4.78, 5) is 11.4. The van der Waals surface area contributed by atoms with Gasteiger partial charge in [-0.05, 0) is 13.3 Å². The number of aromatic nitrogens is 2. The Balaban J connectivity index is 3.43. The first-order chi connectivity index (χ1) is 5.63. The van der Waals surface area contributed by atoms with Crippen molar-refractivity contribution in [3.8, 4) is 0 Å². The van der Waals surface area contributed by atoms with Gasteiger partial charge in [0.2, 0.25) is 0 Å². The molecule has 1 heterocycles. The van der Waals surface area contributed by atoms with Crippen LogP contribution in [0, 0.1) is 0 Å². The van der Waals surface area contributed by atoms with Crippen LogP contribution in [0.4, 0.5) is 5.69 Å². The fraction of sp³-hybridized carbons (Fsp3) is 0.625. The van der Waals surface area contributed by atoms with E-state index in [1.165, 1.54) is 0 Å². The Bertz CT molecular complexity index is 335. The van der Waals surface area contributed by atoms with Crippen LogP contribution >= 0.6 is 0 Å². The van der Waals surface area contributed by atoms with Crippen LogP contribution in [0.1, 0.15) is 19.5 Å². The normalized spacial score (nSPS) is 10.6. The molecule has 0 aliphatic heterocycles. The number of anilines is 1. The van der Waals surface area contributed by atoms with Crippen molar-refractivity contribution < 1.29 is 0 Å². The molecule has 0 aromatic carbocycles. The zero-order valence-electron chi connectivity index (χ0n) is 7.79. The summed E-state index contributed by atoms with van der Waals surface area (Å²) in [6, 6.07) is 0. The van der Waals surface area contributed by atoms with E-state index >= 15 is 0 Å². The summed E-state index contributed by atoms with van der Waals surface area (Å²) in [6.45, 7) is 4.59. The van der Waals surface area contributed by atoms with Gasteiger partial charge in [0.1, 0.15) is 5.69 Å². The van der Waals surface area contributed by atoms with Gasteiger partial charge in [-0.3, -0.25) is 9.48 Å². The fourth-order valence-corrected chi connectivity index (χ4v) is 1.49. The highest BCUT2D eigenvalue weighted by atomic mass is 16.1. The van der Waals surface area contributed by atoms with Crippen molar-refractivity contribution in [1.29, 1.82) is 0 Å². The molecule has 4 nitrogen and oxygen atoms in total. The third-order valence-electron chi connectivity index (χ3n) is 2.16. The Morgan fingerprint density at radius 2 is 2.00 bits per heavy atom. The highest BCUT2D eigenvalue weighted by Crippen LogP contribution is 2.06. The molecule has 0 aliphatic carbocycles. The summed E-state index contributed by atoms with van der Waals surface area (Å²) in [5.74, 6) is 0. The smallest absolute Gasteiger partial charge is 0.290 e. The molecule has 0 atom stereocenters. The summed E-state index contributed by atoms with van der Waals surface area (Å²) in [5, 5.41) is 0. The summed E-state index contributed by atoms with van der Waals surface area (Å²) in [6.07, 6.45) is 0.796. The van der Waals surface area contributed by atoms with E-state index in [2.05, 4.69) is 0 Å². The van der Waals surface area contributed by atoms with Crippen LogP contribution in [0.2, 0.25) is 0 Å². The van der Waals surface area contributed by atoms with Gasteiger partial charge in [-0.15, -0.1) is 0 Å². The number of nitrogens with zero attached hydrogens (tertiary/aromatic N) is 2. The van der Waals surface area contributed by atoms with Gasteiger partial charge >= 0.3 is 0 Å². The van der Waals surface area contributed by atoms with E-state index in [-0.39, 0.29) is 5.56 Å². The van der Waals surface area contributed by atoms with Crippen LogP contribution in [-0.2, 0) is 20.0 Å². The molecule has 0 spiro atoms. The molecule has 0 amide bonds. The monoisotopic (exact) mass is 169 g/mol. The lowest BCUT2D eigenvalue weighted by Crippen LogP contribution is -2.21. The molecule has 0 fully saturated rings. The highest BCUT2D eigenvalue weighted by molar-refractivity contribution is 5.41. The average molecular weight is 169 g/mol. The predicted molar refractivity (Wildman–Crippen MR) is 49.1 cm³/mol. The zero-order valence-corrected chi connectivity index (χ0v) is 7.79. The largest absolute Gasteiger partial charge is 0.393 e. The van der Waals surface area contributed by atoms with Crippen molar-refractivity contribution >= 4 is 5.69 Å². The number of hydrogen-bond acceptors (Lipinski definition) is 2. The minimum absolute atomic E-state index is 0.0724. The van der Waals surface area contributed by atoms with Crippen LogP contribution < -0.4 is 11.3 Å². The van der Waals surface area contributed by atoms with Crippen LogP contribution in [0.15, 0.2) is 4.79 Å². The maximum Gasteiger partial charge on any atom is 0.290 e. The molecule has 2 N–H and O–H groups in total. The summed E-state index contributed by atoms with van der Waals surface area (Å²) < 4.78 is 3.46. The first-order valence-corrected chi connectivity index (χ1v) is 4.17. The Morgan fingerprint density at radius 1 is 1.42 bits per heavy atom. The lowest BCUT2D eigenvalue weighted by Gasteiger charge is -2.05. The Hall–Kier alpha value is -1.19. The summed E-state index contributed by atoms with van der Waals surface area (Å²) >= 11 is 0. The number of hydrogen-bond donors (Lipinski definition) is 1. The molecular weight excluding hydrogens is 154 g/mol. The molecule has 0 saturated heterocycles. The van der Waals surface area contributed by atoms with Crippen LogP contribution in [0.25, 0.3) is 0 Å². The second-order valence-electron chi connectivity index (χ2n) is 2.76. The summed E-state index contributed by atoms with van der Waals surface area (Å²) in [5.41, 5.74) is 6.87. The third-order valence-corrected chi connectivity index (χ3v) is 2.16. The number of nitrogens with two attached hydrogens (primary N) is 1. The van der Waals surface area contributed by atoms with E-state index in [0.29, 0.717) is 12.2 Å². The molecule has 68 valence electrons. The van der Waals surface area contributed by atoms with Crippen LogP contribution in [0.5, 0.6) is 0 Å². The molecule has 0 bridgehead atoms. The molecule has 0 saturated carbocycles. The van der Waals surface area contributed by atoms with Gasteiger partial charge in [0.15, 0.2) is 0 Å². The van der Waals surface area contributed by atoms with E-state index in [1.807, 2.05) is 25.6 Å². The molecule has 1 aromatic heterocycles. The van der Waals surface area contributed by atoms with E-state index in [1.54, 1.807) is 4.68 Å². The molecule has 12 heavy (non-hydrogen) atoms. The van der Waals surface area contributed by atoms with Gasteiger partial charge in [0.25, 0.3) is 5.56 Å². The van der Waals surface area contributed by atoms with E-state index < -0.39 is 0 Å². The first-order valence-electron chi connectivity index (χ1n) is 4.17. The molecule has 1 aromatic rings. The van der Waals surface area contributed by atoms with Crippen molar-refractivity contribution in [2.24, 2.45) is 7.05 Å². The van der Waals surface area contributed by atoms with Crippen LogP contribution in [0.3, 0.4) is 0 Å². The Kier molecular flexibility index (Phi) is 2.26. The average Bonchev–Trinajstić information content (AvgIpc) is 2.25. The van der Waals surface area contributed by atoms with E-state index in [4.69, 9.17) is 5.73 Å². The van der Waals surface area contributed by atoms with Crippen LogP contribution in [-0.4, -0.2) is 9.36 Å². The fourth-order valence-electron chi connectivity index (χ4n) is 1.49. The van der Waals surface area contributed by atoms with Gasteiger partial charge in [-0.25, -0.2) is 4.68 Å². The van der Waals surface area contributed by atoms with E-state index in [0.717, 1.165) is 12.1 Å². The van der Waals surface area contributed by atoms with Crippen molar-refractivity contribution in [1.82, 2.24) is 9.36 Å². The van der Waals surface area contributed by atoms with Crippen molar-refractivity contribution in [3.05, 3.63) is 16.0 Å². The second kappa shape index (κ2) is 3.05. The van der Waals surface area contributed by atoms with Crippen molar-refractivity contribution in [2.75, 3.05) is 5.73 Å². The SMILES string of the molecule is CCc1c(N)c(=O)n(CC)n1C. The van der Waals surface area contributed by atoms with Gasteiger partial charge in [-0.2, -0.15) is 0 Å². The quantitative estimate of drug-likeness (QED) is 0.694. The predicted octanol–water partition coefficient (Wildman–Crippen LogP) is 0.351. The Labute approximate surface area is 71.6 Å². The van der Waals surface area contributed by atoms with Gasteiger partial charge in [-0.1, -0.05) is 6.92 Å². The van der Waals surface area contributed by atoms with Gasteiger partial charge < -0.3 is 5.73 Å².